The van der Waals surface area contributed by atoms with Crippen molar-refractivity contribution >= 4 is 5.78 Å². The highest BCUT2D eigenvalue weighted by Crippen LogP contribution is 2.35. The predicted molar refractivity (Wildman–Crippen MR) is 50.1 cm³/mol. The van der Waals surface area contributed by atoms with Gasteiger partial charge in [-0.25, -0.2) is 0 Å². The maximum absolute atomic E-state index is 12.7. The fraction of sp³-hybridized carbons (Fsp3) is 0.500. The Kier molecular flexibility index (Phi) is 2.65. The lowest BCUT2D eigenvalue weighted by atomic mass is 9.94. The van der Waals surface area contributed by atoms with E-state index >= 15 is 0 Å². The Bertz CT molecular complexity index is 510. The van der Waals surface area contributed by atoms with Crippen LogP contribution in [0.4, 0.5) is 13.2 Å². The molecule has 0 unspecified atom stereocenters. The second-order valence-corrected chi connectivity index (χ2v) is 3.76. The van der Waals surface area contributed by atoms with Crippen LogP contribution in [-0.4, -0.2) is 15.6 Å². The van der Waals surface area contributed by atoms with Crippen LogP contribution < -0.4 is 0 Å². The number of aromatic nitrogens is 2. The van der Waals surface area contributed by atoms with Crippen molar-refractivity contribution in [1.82, 2.24) is 9.78 Å². The largest absolute Gasteiger partial charge is 0.435 e. The maximum Gasteiger partial charge on any atom is 0.435 e. The van der Waals surface area contributed by atoms with Gasteiger partial charge in [0.2, 0.25) is 0 Å². The van der Waals surface area contributed by atoms with Gasteiger partial charge in [-0.05, 0) is 12.8 Å². The van der Waals surface area contributed by atoms with Crippen LogP contribution in [0.3, 0.4) is 0 Å². The van der Waals surface area contributed by atoms with E-state index in [4.69, 9.17) is 5.26 Å². The van der Waals surface area contributed by atoms with Crippen molar-refractivity contribution in [2.75, 3.05) is 0 Å². The van der Waals surface area contributed by atoms with Gasteiger partial charge in [-0.1, -0.05) is 0 Å². The van der Waals surface area contributed by atoms with Crippen LogP contribution in [-0.2, 0) is 19.1 Å². The molecule has 4 nitrogen and oxygen atoms in total. The molecule has 1 aromatic rings. The summed E-state index contributed by atoms with van der Waals surface area (Å²) in [7, 11) is 0. The van der Waals surface area contributed by atoms with Crippen LogP contribution in [0, 0.1) is 11.3 Å². The summed E-state index contributed by atoms with van der Waals surface area (Å²) in [6, 6.07) is 1.74. The molecule has 0 radical (unpaired) electrons. The van der Waals surface area contributed by atoms with Gasteiger partial charge in [0.1, 0.15) is 6.54 Å². The fourth-order valence-electron chi connectivity index (χ4n) is 1.98. The topological polar surface area (TPSA) is 58.7 Å². The number of carbonyl (C=O) groups is 1. The standard InChI is InChI=1S/C10H8F3N3O/c11-10(12,13)9-8-6(2-1-3-7(8)17)16(15-9)5-4-14/h1-3,5H2. The first-order valence-corrected chi connectivity index (χ1v) is 5.02. The fourth-order valence-corrected chi connectivity index (χ4v) is 1.98. The van der Waals surface area contributed by atoms with E-state index in [0.29, 0.717) is 12.8 Å². The van der Waals surface area contributed by atoms with Crippen molar-refractivity contribution in [3.8, 4) is 6.07 Å². The molecule has 0 aliphatic heterocycles. The minimum absolute atomic E-state index is 0.105. The Balaban J connectivity index is 2.62. The lowest BCUT2D eigenvalue weighted by Gasteiger charge is -2.12. The molecule has 0 atom stereocenters. The molecule has 7 heteroatoms. The maximum atomic E-state index is 12.7. The van der Waals surface area contributed by atoms with Gasteiger partial charge in [-0.15, -0.1) is 0 Å². The van der Waals surface area contributed by atoms with Gasteiger partial charge in [-0.3, -0.25) is 9.48 Å². The van der Waals surface area contributed by atoms with Crippen molar-refractivity contribution in [3.63, 3.8) is 0 Å². The third-order valence-electron chi connectivity index (χ3n) is 2.64. The van der Waals surface area contributed by atoms with Crippen molar-refractivity contribution in [2.24, 2.45) is 0 Å². The smallest absolute Gasteiger partial charge is 0.294 e. The summed E-state index contributed by atoms with van der Waals surface area (Å²) in [5, 5.41) is 11.9. The van der Waals surface area contributed by atoms with E-state index in [0.717, 1.165) is 4.68 Å². The van der Waals surface area contributed by atoms with Gasteiger partial charge in [0.25, 0.3) is 0 Å². The number of rotatable bonds is 1. The molecular formula is C10H8F3N3O. The number of nitriles is 1. The SMILES string of the molecule is N#CCn1nc(C(F)(F)F)c2c1CCCC2=O. The number of fused-ring (bicyclic) bond motifs is 1. The lowest BCUT2D eigenvalue weighted by molar-refractivity contribution is -0.141. The minimum Gasteiger partial charge on any atom is -0.294 e. The molecule has 0 saturated carbocycles. The average molecular weight is 243 g/mol. The Morgan fingerprint density at radius 2 is 2.12 bits per heavy atom. The molecule has 1 aliphatic carbocycles. The Morgan fingerprint density at radius 3 is 2.71 bits per heavy atom. The van der Waals surface area contributed by atoms with E-state index in [1.807, 2.05) is 0 Å². The molecule has 2 rings (SSSR count). The van der Waals surface area contributed by atoms with E-state index in [1.165, 1.54) is 0 Å². The summed E-state index contributed by atoms with van der Waals surface area (Å²) >= 11 is 0. The van der Waals surface area contributed by atoms with Gasteiger partial charge >= 0.3 is 6.18 Å². The zero-order valence-corrected chi connectivity index (χ0v) is 8.71. The molecule has 0 amide bonds. The molecule has 1 heterocycles. The lowest BCUT2D eigenvalue weighted by Crippen LogP contribution is -2.16. The number of alkyl halides is 3. The van der Waals surface area contributed by atoms with Gasteiger partial charge < -0.3 is 0 Å². The van der Waals surface area contributed by atoms with Crippen LogP contribution >= 0.6 is 0 Å². The summed E-state index contributed by atoms with van der Waals surface area (Å²) in [6.07, 6.45) is -3.70. The summed E-state index contributed by atoms with van der Waals surface area (Å²) < 4.78 is 39.1. The van der Waals surface area contributed by atoms with Gasteiger partial charge in [0.15, 0.2) is 11.5 Å². The van der Waals surface area contributed by atoms with Crippen molar-refractivity contribution < 1.29 is 18.0 Å². The van der Waals surface area contributed by atoms with Gasteiger partial charge in [-0.2, -0.15) is 23.5 Å². The summed E-state index contributed by atoms with van der Waals surface area (Å²) in [5.41, 5.74) is -1.28. The Hall–Kier alpha value is -1.84. The third kappa shape index (κ3) is 1.90. The van der Waals surface area contributed by atoms with E-state index < -0.39 is 17.7 Å². The molecule has 0 saturated heterocycles. The molecule has 1 aromatic heterocycles. The zero-order chi connectivity index (χ0) is 12.6. The second-order valence-electron chi connectivity index (χ2n) is 3.76. The second kappa shape index (κ2) is 3.87. The number of hydrogen-bond acceptors (Lipinski definition) is 3. The molecule has 0 spiro atoms. The van der Waals surface area contributed by atoms with Gasteiger partial charge in [0.05, 0.1) is 17.3 Å². The van der Waals surface area contributed by atoms with Crippen LogP contribution in [0.15, 0.2) is 0 Å². The Morgan fingerprint density at radius 1 is 1.41 bits per heavy atom. The molecule has 90 valence electrons. The number of ketones is 1. The van der Waals surface area contributed by atoms with Crippen molar-refractivity contribution in [1.29, 1.82) is 5.26 Å². The average Bonchev–Trinajstić information content (AvgIpc) is 2.59. The first-order valence-electron chi connectivity index (χ1n) is 5.02. The molecule has 0 N–H and O–H groups in total. The summed E-state index contributed by atoms with van der Waals surface area (Å²) in [6.45, 7) is -0.272. The van der Waals surface area contributed by atoms with Crippen molar-refractivity contribution in [2.45, 2.75) is 32.0 Å². The highest BCUT2D eigenvalue weighted by Gasteiger charge is 2.42. The molecule has 0 fully saturated rings. The van der Waals surface area contributed by atoms with E-state index in [-0.39, 0.29) is 24.2 Å². The molecule has 17 heavy (non-hydrogen) atoms. The van der Waals surface area contributed by atoms with Gasteiger partial charge in [0, 0.05) is 6.42 Å². The van der Waals surface area contributed by atoms with Crippen LogP contribution in [0.2, 0.25) is 0 Å². The highest BCUT2D eigenvalue weighted by molar-refractivity contribution is 5.99. The first kappa shape index (κ1) is 11.6. The van der Waals surface area contributed by atoms with Crippen LogP contribution in [0.25, 0.3) is 0 Å². The predicted octanol–water partition coefficient (Wildman–Crippen LogP) is 1.94. The normalized spacial score (nSPS) is 15.5. The number of halogens is 3. The zero-order valence-electron chi connectivity index (χ0n) is 8.71. The third-order valence-corrected chi connectivity index (χ3v) is 2.64. The number of nitrogens with zero attached hydrogens (tertiary/aromatic N) is 3. The van der Waals surface area contributed by atoms with E-state index in [2.05, 4.69) is 5.10 Å². The molecule has 0 aromatic carbocycles. The van der Waals surface area contributed by atoms with Crippen LogP contribution in [0.5, 0.6) is 0 Å². The number of carbonyl (C=O) groups excluding carboxylic acids is 1. The number of hydrogen-bond donors (Lipinski definition) is 0. The summed E-state index contributed by atoms with van der Waals surface area (Å²) in [5.74, 6) is -0.539. The Labute approximate surface area is 94.6 Å². The number of Topliss-reactive ketones (excluding diaryl/α,β-unsaturated/α-hetero) is 1. The van der Waals surface area contributed by atoms with Crippen molar-refractivity contribution in [3.05, 3.63) is 17.0 Å². The molecule has 1 aliphatic rings. The molecular weight excluding hydrogens is 235 g/mol. The monoisotopic (exact) mass is 243 g/mol. The summed E-state index contributed by atoms with van der Waals surface area (Å²) in [4.78, 5) is 11.5. The first-order chi connectivity index (χ1) is 7.95. The van der Waals surface area contributed by atoms with E-state index in [1.54, 1.807) is 6.07 Å². The van der Waals surface area contributed by atoms with Crippen LogP contribution in [0.1, 0.15) is 34.6 Å². The van der Waals surface area contributed by atoms with E-state index in [9.17, 15) is 18.0 Å². The minimum atomic E-state index is -4.65. The molecule has 0 bridgehead atoms. The quantitative estimate of drug-likeness (QED) is 0.757. The highest BCUT2D eigenvalue weighted by atomic mass is 19.4.